The molecule has 1 unspecified atom stereocenters. The highest BCUT2D eigenvalue weighted by Crippen LogP contribution is 2.47. The lowest BCUT2D eigenvalue weighted by molar-refractivity contribution is -0.118. The van der Waals surface area contributed by atoms with Crippen molar-refractivity contribution in [1.29, 1.82) is 5.26 Å². The van der Waals surface area contributed by atoms with E-state index in [0.717, 1.165) is 36.9 Å². The number of carbonyl (C=O) groups excluding carboxylic acids is 2. The molecule has 9 nitrogen and oxygen atoms in total. The van der Waals surface area contributed by atoms with Gasteiger partial charge in [-0.1, -0.05) is 22.9 Å². The Bertz CT molecular complexity index is 1390. The average Bonchev–Trinajstić information content (AvgIpc) is 3.32. The monoisotopic (exact) mass is 501 g/mol. The molecule has 3 atom stereocenters. The van der Waals surface area contributed by atoms with Gasteiger partial charge in [0.2, 0.25) is 5.91 Å². The first-order valence-electron chi connectivity index (χ1n) is 12.1. The fourth-order valence-corrected chi connectivity index (χ4v) is 5.41. The first kappa shape index (κ1) is 22.7. The molecule has 1 saturated heterocycles. The molecule has 3 aromatic rings. The summed E-state index contributed by atoms with van der Waals surface area (Å²) in [5.41, 5.74) is 2.71. The highest BCUT2D eigenvalue weighted by Gasteiger charge is 2.52. The number of rotatable bonds is 6. The number of hydrogen-bond donors (Lipinski definition) is 1. The predicted octanol–water partition coefficient (Wildman–Crippen LogP) is 3.47. The molecule has 1 aromatic carbocycles. The molecule has 36 heavy (non-hydrogen) atoms. The number of nitrogens with one attached hydrogen (secondary N) is 1. The molecule has 3 fully saturated rings. The minimum absolute atomic E-state index is 0.00618. The maximum atomic E-state index is 12.7. The number of carbonyl (C=O) groups is 2. The van der Waals surface area contributed by atoms with E-state index in [1.807, 2.05) is 25.1 Å². The molecule has 2 aliphatic carbocycles. The predicted molar refractivity (Wildman–Crippen MR) is 131 cm³/mol. The minimum atomic E-state index is -0.275. The van der Waals surface area contributed by atoms with Gasteiger partial charge in [-0.25, -0.2) is 9.67 Å². The highest BCUT2D eigenvalue weighted by molar-refractivity contribution is 6.30. The number of nitriles is 1. The summed E-state index contributed by atoms with van der Waals surface area (Å²) in [6.45, 7) is 2.71. The van der Waals surface area contributed by atoms with Crippen molar-refractivity contribution in [3.8, 4) is 6.07 Å². The van der Waals surface area contributed by atoms with Crippen LogP contribution in [0.4, 0.5) is 5.82 Å². The molecule has 0 radical (unpaired) electrons. The number of amides is 2. The van der Waals surface area contributed by atoms with E-state index < -0.39 is 0 Å². The minimum Gasteiger partial charge on any atom is -0.348 e. The summed E-state index contributed by atoms with van der Waals surface area (Å²) in [5.74, 6) is 1.47. The van der Waals surface area contributed by atoms with Crippen molar-refractivity contribution < 1.29 is 9.59 Å². The fraction of sp³-hybridized carbons (Fsp3) is 0.385. The number of halogens is 1. The lowest BCUT2D eigenvalue weighted by Crippen LogP contribution is -2.43. The number of pyridine rings is 1. The van der Waals surface area contributed by atoms with Gasteiger partial charge in [-0.15, -0.1) is 5.10 Å². The second kappa shape index (κ2) is 8.71. The third-order valence-electron chi connectivity index (χ3n) is 7.64. The summed E-state index contributed by atoms with van der Waals surface area (Å²) in [4.78, 5) is 31.3. The summed E-state index contributed by atoms with van der Waals surface area (Å²) < 4.78 is 1.64. The SMILES string of the molecule is CC(c1ccc(N2C[C@H]3C[C@H]3C2=O)nc1)n1cc(C(=O)N[C@H]2C[C@@H](c3cc(Cl)ccc3C#N)C2)nn1. The lowest BCUT2D eigenvalue weighted by Gasteiger charge is -2.36. The molecule has 0 spiro atoms. The topological polar surface area (TPSA) is 117 Å². The van der Waals surface area contributed by atoms with Crippen molar-refractivity contribution in [3.63, 3.8) is 0 Å². The van der Waals surface area contributed by atoms with Crippen molar-refractivity contribution in [2.45, 2.75) is 44.2 Å². The molecule has 2 amide bonds. The zero-order valence-electron chi connectivity index (χ0n) is 19.6. The van der Waals surface area contributed by atoms with Crippen LogP contribution in [-0.4, -0.2) is 44.4 Å². The standard InChI is InChI=1S/C26H24ClN7O2/c1-14(16-3-5-24(29-11-16)33-12-18-8-22(18)26(33)36)34-13-23(31-32-34)25(35)30-20-6-17(7-20)21-9-19(27)4-2-15(21)10-28/h2-5,9,11,13-14,17-18,20,22H,6-8,12H2,1H3,(H,30,35)/t14?,17-,18-,20+,22-/m1/s1. The van der Waals surface area contributed by atoms with Crippen LogP contribution in [0.3, 0.4) is 0 Å². The van der Waals surface area contributed by atoms with E-state index in [4.69, 9.17) is 11.6 Å². The molecule has 3 aliphatic rings. The third kappa shape index (κ3) is 4.01. The zero-order valence-corrected chi connectivity index (χ0v) is 20.4. The van der Waals surface area contributed by atoms with Gasteiger partial charge in [-0.2, -0.15) is 5.26 Å². The van der Waals surface area contributed by atoms with Gasteiger partial charge in [0.25, 0.3) is 5.91 Å². The Morgan fingerprint density at radius 2 is 2.08 bits per heavy atom. The van der Waals surface area contributed by atoms with Gasteiger partial charge < -0.3 is 5.32 Å². The van der Waals surface area contributed by atoms with E-state index >= 15 is 0 Å². The number of aromatic nitrogens is 4. The molecule has 1 aliphatic heterocycles. The second-order valence-electron chi connectivity index (χ2n) is 9.94. The number of benzene rings is 1. The third-order valence-corrected chi connectivity index (χ3v) is 7.87. The quantitative estimate of drug-likeness (QED) is 0.552. The van der Waals surface area contributed by atoms with Gasteiger partial charge in [0, 0.05) is 29.7 Å². The normalized spacial score (nSPS) is 25.0. The number of piperidine rings is 1. The highest BCUT2D eigenvalue weighted by atomic mass is 35.5. The maximum Gasteiger partial charge on any atom is 0.273 e. The number of hydrogen-bond acceptors (Lipinski definition) is 6. The summed E-state index contributed by atoms with van der Waals surface area (Å²) in [6, 6.07) is 11.1. The first-order chi connectivity index (χ1) is 17.4. The molecule has 0 bridgehead atoms. The zero-order chi connectivity index (χ0) is 25.0. The molecular weight excluding hydrogens is 478 g/mol. The van der Waals surface area contributed by atoms with E-state index in [1.165, 1.54) is 0 Å². The van der Waals surface area contributed by atoms with Gasteiger partial charge in [0.15, 0.2) is 5.69 Å². The summed E-state index contributed by atoms with van der Waals surface area (Å²) in [7, 11) is 0. The van der Waals surface area contributed by atoms with E-state index in [2.05, 4.69) is 26.7 Å². The first-order valence-corrected chi connectivity index (χ1v) is 12.5. The smallest absolute Gasteiger partial charge is 0.273 e. The molecule has 6 rings (SSSR count). The largest absolute Gasteiger partial charge is 0.348 e. The molecule has 182 valence electrons. The Labute approximate surface area is 213 Å². The lowest BCUT2D eigenvalue weighted by atomic mass is 9.74. The number of nitrogens with zero attached hydrogens (tertiary/aromatic N) is 6. The van der Waals surface area contributed by atoms with Crippen LogP contribution >= 0.6 is 11.6 Å². The summed E-state index contributed by atoms with van der Waals surface area (Å²) in [5, 5.41) is 21.2. The second-order valence-corrected chi connectivity index (χ2v) is 10.4. The molecular formula is C26H24ClN7O2. The Hall–Kier alpha value is -3.77. The van der Waals surface area contributed by atoms with E-state index in [-0.39, 0.29) is 41.4 Å². The number of anilines is 1. The van der Waals surface area contributed by atoms with Crippen molar-refractivity contribution >= 4 is 29.2 Å². The van der Waals surface area contributed by atoms with Crippen LogP contribution in [0.5, 0.6) is 0 Å². The van der Waals surface area contributed by atoms with Crippen LogP contribution in [0.15, 0.2) is 42.7 Å². The summed E-state index contributed by atoms with van der Waals surface area (Å²) in [6.07, 6.45) is 5.87. The maximum absolute atomic E-state index is 12.7. The van der Waals surface area contributed by atoms with Crippen molar-refractivity contribution in [2.24, 2.45) is 11.8 Å². The van der Waals surface area contributed by atoms with Crippen molar-refractivity contribution in [2.75, 3.05) is 11.4 Å². The fourth-order valence-electron chi connectivity index (χ4n) is 5.23. The van der Waals surface area contributed by atoms with Gasteiger partial charge in [0.1, 0.15) is 5.82 Å². The van der Waals surface area contributed by atoms with Crippen LogP contribution in [-0.2, 0) is 4.79 Å². The van der Waals surface area contributed by atoms with Crippen LogP contribution in [0.2, 0.25) is 5.02 Å². The van der Waals surface area contributed by atoms with Gasteiger partial charge in [-0.3, -0.25) is 14.5 Å². The molecule has 10 heteroatoms. The Balaban J connectivity index is 1.06. The van der Waals surface area contributed by atoms with Crippen LogP contribution in [0.1, 0.15) is 65.3 Å². The van der Waals surface area contributed by atoms with E-state index in [1.54, 1.807) is 34.1 Å². The van der Waals surface area contributed by atoms with Crippen LogP contribution in [0.25, 0.3) is 0 Å². The Morgan fingerprint density at radius 3 is 2.78 bits per heavy atom. The molecule has 2 saturated carbocycles. The molecule has 3 heterocycles. The van der Waals surface area contributed by atoms with Crippen molar-refractivity contribution in [3.05, 3.63) is 70.1 Å². The molecule has 1 N–H and O–H groups in total. The average molecular weight is 502 g/mol. The van der Waals surface area contributed by atoms with E-state index in [9.17, 15) is 14.9 Å². The van der Waals surface area contributed by atoms with Gasteiger partial charge in [-0.05, 0) is 73.4 Å². The van der Waals surface area contributed by atoms with Gasteiger partial charge >= 0.3 is 0 Å². The van der Waals surface area contributed by atoms with E-state index in [0.29, 0.717) is 22.3 Å². The molecule has 2 aromatic heterocycles. The Kier molecular flexibility index (Phi) is 5.49. The van der Waals surface area contributed by atoms with Crippen LogP contribution in [0, 0.1) is 23.2 Å². The Morgan fingerprint density at radius 1 is 1.25 bits per heavy atom. The number of fused-ring (bicyclic) bond motifs is 1. The van der Waals surface area contributed by atoms with Gasteiger partial charge in [0.05, 0.1) is 23.9 Å². The van der Waals surface area contributed by atoms with Crippen LogP contribution < -0.4 is 10.2 Å². The van der Waals surface area contributed by atoms with Crippen molar-refractivity contribution in [1.82, 2.24) is 25.3 Å². The summed E-state index contributed by atoms with van der Waals surface area (Å²) >= 11 is 6.11.